The van der Waals surface area contributed by atoms with Gasteiger partial charge in [-0.2, -0.15) is 0 Å². The molecule has 2 aliphatic rings. The zero-order chi connectivity index (χ0) is 12.5. The van der Waals surface area contributed by atoms with E-state index in [4.69, 9.17) is 10.5 Å². The first-order chi connectivity index (χ1) is 8.36. The Morgan fingerprint density at radius 2 is 2.00 bits per heavy atom. The zero-order valence-corrected chi connectivity index (χ0v) is 11.3. The van der Waals surface area contributed by atoms with Crippen LogP contribution in [0.15, 0.2) is 23.8 Å². The lowest BCUT2D eigenvalue weighted by Crippen LogP contribution is -2.39. The Morgan fingerprint density at radius 1 is 1.24 bits per heavy atom. The third-order valence-corrected chi connectivity index (χ3v) is 3.29. The minimum atomic E-state index is 0.256. The molecule has 2 nitrogen and oxygen atoms in total. The molecule has 0 spiro atoms. The molecule has 0 amide bonds. The van der Waals surface area contributed by atoms with Gasteiger partial charge in [-0.15, -0.1) is 0 Å². The van der Waals surface area contributed by atoms with E-state index in [9.17, 15) is 0 Å². The molecule has 2 rings (SSSR count). The minimum absolute atomic E-state index is 0.256. The minimum Gasteiger partial charge on any atom is -0.372 e. The molecule has 1 saturated carbocycles. The number of nitrogens with two attached hydrogens (primary N) is 1. The summed E-state index contributed by atoms with van der Waals surface area (Å²) in [7, 11) is 0. The molecule has 1 fully saturated rings. The maximum absolute atomic E-state index is 6.03. The van der Waals surface area contributed by atoms with Crippen LogP contribution in [0.4, 0.5) is 0 Å². The van der Waals surface area contributed by atoms with Crippen LogP contribution in [-0.4, -0.2) is 18.8 Å². The molecule has 2 aliphatic carbocycles. The summed E-state index contributed by atoms with van der Waals surface area (Å²) in [5, 5.41) is 0. The van der Waals surface area contributed by atoms with Crippen molar-refractivity contribution in [3.8, 4) is 0 Å². The van der Waals surface area contributed by atoms with Crippen LogP contribution in [0.1, 0.15) is 52.4 Å². The van der Waals surface area contributed by atoms with Gasteiger partial charge in [0.25, 0.3) is 0 Å². The summed E-state index contributed by atoms with van der Waals surface area (Å²) in [6.07, 6.45) is 14.1. The third-order valence-electron chi connectivity index (χ3n) is 3.29. The van der Waals surface area contributed by atoms with Crippen molar-refractivity contribution in [2.24, 2.45) is 5.73 Å². The third kappa shape index (κ3) is 5.05. The molecule has 98 valence electrons. The van der Waals surface area contributed by atoms with Gasteiger partial charge in [0.05, 0.1) is 12.7 Å². The summed E-state index contributed by atoms with van der Waals surface area (Å²) >= 11 is 0. The van der Waals surface area contributed by atoms with Gasteiger partial charge in [0.1, 0.15) is 0 Å². The number of rotatable bonds is 3. The van der Waals surface area contributed by atoms with Crippen LogP contribution in [0.3, 0.4) is 0 Å². The number of ether oxygens (including phenoxy) is 1. The average molecular weight is 237 g/mol. The molecule has 0 aromatic rings. The van der Waals surface area contributed by atoms with E-state index in [-0.39, 0.29) is 12.1 Å². The van der Waals surface area contributed by atoms with E-state index in [1.165, 1.54) is 24.8 Å². The van der Waals surface area contributed by atoms with E-state index in [2.05, 4.69) is 18.2 Å². The molecule has 2 unspecified atom stereocenters. The molecule has 17 heavy (non-hydrogen) atoms. The van der Waals surface area contributed by atoms with Gasteiger partial charge in [-0.05, 0) is 31.3 Å². The lowest BCUT2D eigenvalue weighted by Gasteiger charge is -2.28. The highest BCUT2D eigenvalue weighted by Crippen LogP contribution is 2.21. The molecule has 0 bridgehead atoms. The van der Waals surface area contributed by atoms with Crippen LogP contribution >= 0.6 is 0 Å². The quantitative estimate of drug-likeness (QED) is 0.814. The smallest absolute Gasteiger partial charge is 0.0730 e. The van der Waals surface area contributed by atoms with Gasteiger partial charge in [0.15, 0.2) is 0 Å². The maximum Gasteiger partial charge on any atom is 0.0730 e. The molecular weight excluding hydrogens is 210 g/mol. The molecule has 0 radical (unpaired) electrons. The van der Waals surface area contributed by atoms with Gasteiger partial charge >= 0.3 is 0 Å². The first-order valence-corrected chi connectivity index (χ1v) is 7.09. The summed E-state index contributed by atoms with van der Waals surface area (Å²) in [4.78, 5) is 0. The number of hydrogen-bond donors (Lipinski definition) is 1. The fourth-order valence-electron chi connectivity index (χ4n) is 2.31. The van der Waals surface area contributed by atoms with Crippen molar-refractivity contribution in [1.29, 1.82) is 0 Å². The number of hydrogen-bond acceptors (Lipinski definition) is 2. The fraction of sp³-hybridized carbons (Fsp3) is 0.733. The van der Waals surface area contributed by atoms with Crippen LogP contribution in [-0.2, 0) is 4.74 Å². The summed E-state index contributed by atoms with van der Waals surface area (Å²) in [5.41, 5.74) is 7.35. The zero-order valence-electron chi connectivity index (χ0n) is 11.3. The molecular formula is C15H27NO. The summed E-state index contributed by atoms with van der Waals surface area (Å²) in [6, 6.07) is 0.256. The Bertz CT molecular complexity index is 258. The summed E-state index contributed by atoms with van der Waals surface area (Å²) < 4.78 is 5.89. The molecule has 0 aromatic carbocycles. The Morgan fingerprint density at radius 3 is 2.65 bits per heavy atom. The van der Waals surface area contributed by atoms with Gasteiger partial charge in [0, 0.05) is 6.04 Å². The molecule has 2 N–H and O–H groups in total. The second-order valence-corrected chi connectivity index (χ2v) is 4.56. The van der Waals surface area contributed by atoms with E-state index >= 15 is 0 Å². The van der Waals surface area contributed by atoms with Crippen molar-refractivity contribution in [3.05, 3.63) is 23.8 Å². The van der Waals surface area contributed by atoms with Crippen LogP contribution in [0.2, 0.25) is 0 Å². The highest BCUT2D eigenvalue weighted by molar-refractivity contribution is 5.22. The highest BCUT2D eigenvalue weighted by atomic mass is 16.5. The van der Waals surface area contributed by atoms with Gasteiger partial charge in [-0.3, -0.25) is 0 Å². The molecule has 0 aliphatic heterocycles. The fourth-order valence-corrected chi connectivity index (χ4v) is 2.31. The average Bonchev–Trinajstić information content (AvgIpc) is 2.41. The van der Waals surface area contributed by atoms with Crippen LogP contribution in [0.25, 0.3) is 0 Å². The summed E-state index contributed by atoms with van der Waals surface area (Å²) in [5.74, 6) is 0. The second kappa shape index (κ2) is 8.48. The van der Waals surface area contributed by atoms with Gasteiger partial charge in [0.2, 0.25) is 0 Å². The van der Waals surface area contributed by atoms with Crippen molar-refractivity contribution >= 4 is 0 Å². The molecule has 0 aromatic heterocycles. The van der Waals surface area contributed by atoms with Gasteiger partial charge in [-0.1, -0.05) is 44.9 Å². The first-order valence-electron chi connectivity index (χ1n) is 7.09. The second-order valence-electron chi connectivity index (χ2n) is 4.56. The van der Waals surface area contributed by atoms with E-state index in [0.717, 1.165) is 25.9 Å². The largest absolute Gasteiger partial charge is 0.372 e. The Labute approximate surface area is 106 Å². The van der Waals surface area contributed by atoms with E-state index in [1.807, 2.05) is 13.8 Å². The van der Waals surface area contributed by atoms with Crippen molar-refractivity contribution in [2.75, 3.05) is 6.61 Å². The number of allylic oxidation sites excluding steroid dienone is 2. The Kier molecular flexibility index (Phi) is 7.22. The van der Waals surface area contributed by atoms with Crippen LogP contribution < -0.4 is 5.73 Å². The Hall–Kier alpha value is -0.600. The van der Waals surface area contributed by atoms with Crippen molar-refractivity contribution in [2.45, 2.75) is 64.5 Å². The maximum atomic E-state index is 6.03. The van der Waals surface area contributed by atoms with Crippen molar-refractivity contribution in [1.82, 2.24) is 0 Å². The topological polar surface area (TPSA) is 35.2 Å². The lowest BCUT2D eigenvalue weighted by molar-refractivity contribution is 0.0292. The molecule has 0 heterocycles. The SMILES string of the molecule is CC.NC1CCCCC1OCC1=CCCC=C1. The monoisotopic (exact) mass is 237 g/mol. The van der Waals surface area contributed by atoms with Crippen molar-refractivity contribution < 1.29 is 4.74 Å². The van der Waals surface area contributed by atoms with Crippen LogP contribution in [0, 0.1) is 0 Å². The van der Waals surface area contributed by atoms with E-state index in [0.29, 0.717) is 0 Å². The summed E-state index contributed by atoms with van der Waals surface area (Å²) in [6.45, 7) is 4.74. The highest BCUT2D eigenvalue weighted by Gasteiger charge is 2.22. The Balaban J connectivity index is 0.000000686. The van der Waals surface area contributed by atoms with E-state index < -0.39 is 0 Å². The predicted octanol–water partition coefficient (Wildman–Crippen LogP) is 3.58. The van der Waals surface area contributed by atoms with Gasteiger partial charge in [-0.25, -0.2) is 0 Å². The molecule has 0 saturated heterocycles. The van der Waals surface area contributed by atoms with E-state index in [1.54, 1.807) is 0 Å². The first kappa shape index (κ1) is 14.5. The van der Waals surface area contributed by atoms with Gasteiger partial charge < -0.3 is 10.5 Å². The molecule has 2 heteroatoms. The van der Waals surface area contributed by atoms with Crippen molar-refractivity contribution in [3.63, 3.8) is 0 Å². The predicted molar refractivity (Wildman–Crippen MR) is 74.0 cm³/mol. The standard InChI is InChI=1S/C13H21NO.C2H6/c14-12-8-4-5-9-13(12)15-10-11-6-2-1-3-7-11;1-2/h2,6-7,12-13H,1,3-5,8-10,14H2;1-2H3. The molecule has 2 atom stereocenters. The normalized spacial score (nSPS) is 28.1. The lowest BCUT2D eigenvalue weighted by atomic mass is 9.93. The van der Waals surface area contributed by atoms with Crippen LogP contribution in [0.5, 0.6) is 0 Å².